The van der Waals surface area contributed by atoms with Crippen LogP contribution in [0, 0.1) is 6.92 Å². The molecule has 1 atom stereocenters. The molecule has 3 fully saturated rings. The van der Waals surface area contributed by atoms with Crippen LogP contribution >= 0.6 is 0 Å². The van der Waals surface area contributed by atoms with Gasteiger partial charge in [-0.05, 0) is 119 Å². The van der Waals surface area contributed by atoms with Crippen molar-refractivity contribution in [2.75, 3.05) is 45.8 Å². The zero-order valence-corrected chi connectivity index (χ0v) is 29.9. The van der Waals surface area contributed by atoms with Crippen LogP contribution in [0.1, 0.15) is 72.9 Å². The van der Waals surface area contributed by atoms with Gasteiger partial charge in [-0.2, -0.15) is 5.10 Å². The SMILES string of the molecule is Cc1cc(C[C@H](CN2CCC(N3CCC(c4nncn4C)CC3)CC2)NC(=O)N2CCC(c3cc4ccccc4[nH]c3=O)CC2)cc2cn[nH]c12. The molecular formula is C39H50N10O2. The normalized spacial score (nSPS) is 19.6. The van der Waals surface area contributed by atoms with E-state index < -0.39 is 0 Å². The number of urea groups is 1. The van der Waals surface area contributed by atoms with Gasteiger partial charge in [0.2, 0.25) is 0 Å². The summed E-state index contributed by atoms with van der Waals surface area (Å²) in [7, 11) is 2.04. The third-order valence-corrected chi connectivity index (χ3v) is 11.8. The van der Waals surface area contributed by atoms with E-state index in [1.54, 1.807) is 0 Å². The van der Waals surface area contributed by atoms with Crippen molar-refractivity contribution < 1.29 is 4.79 Å². The highest BCUT2D eigenvalue weighted by Crippen LogP contribution is 2.30. The van der Waals surface area contributed by atoms with Crippen LogP contribution < -0.4 is 10.9 Å². The second kappa shape index (κ2) is 14.6. The first-order valence-electron chi connectivity index (χ1n) is 18.8. The monoisotopic (exact) mass is 690 g/mol. The standard InChI is InChI=1S/C39H50N10O2/c1-26-19-27(20-31-23-40-44-36(26)31)21-32(24-47-13-11-33(12-14-47)48-15-9-29(10-16-48)37-45-41-25-46(37)2)42-39(51)49-17-7-28(8-18-49)34-22-30-5-3-4-6-35(30)43-38(34)50/h3-6,19-20,22-23,25,28-29,32-33H,7-18,21,24H2,1-2H3,(H,40,44)(H,42,51)(H,43,50)/t32-/m1/s1. The van der Waals surface area contributed by atoms with Crippen LogP contribution in [0.25, 0.3) is 21.8 Å². The number of amides is 2. The van der Waals surface area contributed by atoms with Crippen molar-refractivity contribution in [3.05, 3.63) is 87.9 Å². The molecule has 3 aromatic heterocycles. The molecule has 0 bridgehead atoms. The molecule has 3 saturated heterocycles. The van der Waals surface area contributed by atoms with Gasteiger partial charge in [0.1, 0.15) is 12.2 Å². The topological polar surface area (TPSA) is 131 Å². The molecule has 0 spiro atoms. The maximum atomic E-state index is 13.9. The minimum absolute atomic E-state index is 0.00680. The number of para-hydroxylation sites is 1. The summed E-state index contributed by atoms with van der Waals surface area (Å²) in [6.45, 7) is 8.49. The lowest BCUT2D eigenvalue weighted by Crippen LogP contribution is -2.54. The molecule has 2 amide bonds. The van der Waals surface area contributed by atoms with E-state index in [0.717, 1.165) is 111 Å². The minimum Gasteiger partial charge on any atom is -0.334 e. The van der Waals surface area contributed by atoms with E-state index in [-0.39, 0.29) is 23.6 Å². The zero-order valence-electron chi connectivity index (χ0n) is 29.9. The molecule has 268 valence electrons. The highest BCUT2D eigenvalue weighted by molar-refractivity contribution is 5.82. The van der Waals surface area contributed by atoms with Crippen LogP contribution in [0.5, 0.6) is 0 Å². The molecule has 12 heteroatoms. The molecule has 3 aliphatic heterocycles. The van der Waals surface area contributed by atoms with Gasteiger partial charge in [0.25, 0.3) is 5.56 Å². The van der Waals surface area contributed by atoms with E-state index >= 15 is 0 Å². The van der Waals surface area contributed by atoms with Crippen molar-refractivity contribution in [3.8, 4) is 0 Å². The Morgan fingerprint density at radius 1 is 0.941 bits per heavy atom. The van der Waals surface area contributed by atoms with Crippen molar-refractivity contribution in [1.82, 2.24) is 50.0 Å². The second-order valence-electron chi connectivity index (χ2n) is 15.1. The molecule has 0 radical (unpaired) electrons. The predicted molar refractivity (Wildman–Crippen MR) is 199 cm³/mol. The summed E-state index contributed by atoms with van der Waals surface area (Å²) in [6.07, 6.45) is 10.6. The number of benzene rings is 2. The molecule has 0 aliphatic carbocycles. The summed E-state index contributed by atoms with van der Waals surface area (Å²) >= 11 is 0. The highest BCUT2D eigenvalue weighted by Gasteiger charge is 2.32. The third kappa shape index (κ3) is 7.30. The van der Waals surface area contributed by atoms with Gasteiger partial charge in [0, 0.05) is 61.1 Å². The van der Waals surface area contributed by atoms with Gasteiger partial charge in [-0.1, -0.05) is 24.3 Å². The summed E-state index contributed by atoms with van der Waals surface area (Å²) < 4.78 is 2.07. The average molecular weight is 691 g/mol. The Labute approximate surface area is 298 Å². The number of aromatic nitrogens is 6. The maximum absolute atomic E-state index is 13.9. The summed E-state index contributed by atoms with van der Waals surface area (Å²) in [5, 5.41) is 21.5. The zero-order chi connectivity index (χ0) is 34.9. The highest BCUT2D eigenvalue weighted by atomic mass is 16.2. The lowest BCUT2D eigenvalue weighted by atomic mass is 9.89. The average Bonchev–Trinajstić information content (AvgIpc) is 3.81. The van der Waals surface area contributed by atoms with Gasteiger partial charge in [0.05, 0.1) is 11.7 Å². The van der Waals surface area contributed by atoms with Crippen LogP contribution in [-0.2, 0) is 13.5 Å². The first kappa shape index (κ1) is 33.6. The van der Waals surface area contributed by atoms with E-state index in [2.05, 4.69) is 64.1 Å². The van der Waals surface area contributed by atoms with Gasteiger partial charge in [-0.3, -0.25) is 9.89 Å². The molecule has 0 saturated carbocycles. The number of hydrogen-bond donors (Lipinski definition) is 3. The second-order valence-corrected chi connectivity index (χ2v) is 15.1. The molecule has 3 aliphatic rings. The van der Waals surface area contributed by atoms with Crippen molar-refractivity contribution in [2.45, 2.75) is 75.8 Å². The number of aromatic amines is 2. The Kier molecular flexibility index (Phi) is 9.61. The number of rotatable bonds is 8. The number of carbonyl (C=O) groups excluding carboxylic acids is 1. The smallest absolute Gasteiger partial charge is 0.317 e. The number of H-pyrrole nitrogens is 2. The lowest BCUT2D eigenvalue weighted by molar-refractivity contribution is 0.0819. The molecule has 3 N–H and O–H groups in total. The van der Waals surface area contributed by atoms with Crippen molar-refractivity contribution >= 4 is 27.8 Å². The number of carbonyl (C=O) groups is 1. The Hall–Kier alpha value is -4.55. The number of nitrogens with one attached hydrogen (secondary N) is 3. The first-order valence-corrected chi connectivity index (χ1v) is 18.8. The Morgan fingerprint density at radius 3 is 2.47 bits per heavy atom. The van der Waals surface area contributed by atoms with E-state index in [4.69, 9.17) is 0 Å². The number of fused-ring (bicyclic) bond motifs is 2. The quantitative estimate of drug-likeness (QED) is 0.216. The predicted octanol–water partition coefficient (Wildman–Crippen LogP) is 4.69. The molecule has 51 heavy (non-hydrogen) atoms. The molecule has 6 heterocycles. The maximum Gasteiger partial charge on any atom is 0.317 e. The molecule has 8 rings (SSSR count). The summed E-state index contributed by atoms with van der Waals surface area (Å²) in [4.78, 5) is 37.1. The van der Waals surface area contributed by atoms with Gasteiger partial charge >= 0.3 is 6.03 Å². The molecule has 0 unspecified atom stereocenters. The van der Waals surface area contributed by atoms with Gasteiger partial charge in [-0.15, -0.1) is 10.2 Å². The van der Waals surface area contributed by atoms with Crippen molar-refractivity contribution in [3.63, 3.8) is 0 Å². The van der Waals surface area contributed by atoms with Gasteiger partial charge in [0.15, 0.2) is 0 Å². The van der Waals surface area contributed by atoms with Crippen LogP contribution in [-0.4, -0.2) is 109 Å². The number of hydrogen-bond acceptors (Lipinski definition) is 7. The van der Waals surface area contributed by atoms with Crippen LogP contribution in [0.3, 0.4) is 0 Å². The molecular weight excluding hydrogens is 640 g/mol. The Bertz CT molecular complexity index is 2030. The lowest BCUT2D eigenvalue weighted by Gasteiger charge is -2.42. The fraction of sp³-hybridized carbons (Fsp3) is 0.513. The van der Waals surface area contributed by atoms with Gasteiger partial charge in [-0.25, -0.2) is 4.79 Å². The van der Waals surface area contributed by atoms with E-state index in [1.165, 1.54) is 11.1 Å². The molecule has 2 aromatic carbocycles. The van der Waals surface area contributed by atoms with Crippen LogP contribution in [0.15, 0.2) is 59.8 Å². The number of likely N-dealkylation sites (tertiary alicyclic amines) is 3. The van der Waals surface area contributed by atoms with E-state index in [1.807, 2.05) is 54.8 Å². The fourth-order valence-electron chi connectivity index (χ4n) is 8.97. The Morgan fingerprint density at radius 2 is 1.71 bits per heavy atom. The number of nitrogens with zero attached hydrogens (tertiary/aromatic N) is 7. The van der Waals surface area contributed by atoms with Crippen molar-refractivity contribution in [2.24, 2.45) is 7.05 Å². The van der Waals surface area contributed by atoms with Crippen LogP contribution in [0.2, 0.25) is 0 Å². The minimum atomic E-state index is -0.0269. The van der Waals surface area contributed by atoms with Crippen molar-refractivity contribution in [1.29, 1.82) is 0 Å². The number of piperidine rings is 3. The summed E-state index contributed by atoms with van der Waals surface area (Å²) in [5.74, 6) is 1.75. The van der Waals surface area contributed by atoms with E-state index in [9.17, 15) is 9.59 Å². The van der Waals surface area contributed by atoms with Gasteiger partial charge < -0.3 is 29.6 Å². The van der Waals surface area contributed by atoms with E-state index in [0.29, 0.717) is 25.0 Å². The van der Waals surface area contributed by atoms with Crippen LogP contribution in [0.4, 0.5) is 4.79 Å². The summed E-state index contributed by atoms with van der Waals surface area (Å²) in [6, 6.07) is 15.0. The third-order valence-electron chi connectivity index (χ3n) is 11.8. The number of aryl methyl sites for hydroxylation is 2. The first-order chi connectivity index (χ1) is 24.9. The number of pyridine rings is 1. The molecule has 12 nitrogen and oxygen atoms in total. The summed E-state index contributed by atoms with van der Waals surface area (Å²) in [5.41, 5.74) is 5.11. The fourth-order valence-corrected chi connectivity index (χ4v) is 8.97. The molecule has 5 aromatic rings. The largest absolute Gasteiger partial charge is 0.334 e. The Balaban J connectivity index is 0.894.